The van der Waals surface area contributed by atoms with E-state index >= 15 is 0 Å². The van der Waals surface area contributed by atoms with Crippen molar-refractivity contribution in [2.75, 3.05) is 32.8 Å². The number of aryl methyl sites for hydroxylation is 1. The molecule has 2 saturated heterocycles. The summed E-state index contributed by atoms with van der Waals surface area (Å²) in [6, 6.07) is 6.66. The summed E-state index contributed by atoms with van der Waals surface area (Å²) in [5.74, 6) is -1.16. The molecule has 0 aliphatic carbocycles. The molecule has 2 aromatic rings. The minimum absolute atomic E-state index is 0.237. The van der Waals surface area contributed by atoms with Crippen LogP contribution in [0, 0.1) is 19.7 Å². The van der Waals surface area contributed by atoms with E-state index in [9.17, 15) is 18.8 Å². The number of rotatable bonds is 4. The number of morpholine rings is 1. The summed E-state index contributed by atoms with van der Waals surface area (Å²) < 4.78 is 22.2. The van der Waals surface area contributed by atoms with Crippen molar-refractivity contribution in [1.82, 2.24) is 14.4 Å². The first-order chi connectivity index (χ1) is 15.3. The van der Waals surface area contributed by atoms with Crippen LogP contribution in [0.5, 0.6) is 0 Å². The summed E-state index contributed by atoms with van der Waals surface area (Å²) in [5, 5.41) is -0.476. The first-order valence-electron chi connectivity index (χ1n) is 10.0. The Balaban J connectivity index is 1.57. The van der Waals surface area contributed by atoms with Crippen LogP contribution in [0.1, 0.15) is 17.0 Å². The standard InChI is InChI=1S/C22H21BrFN3O4S/c1-13-9-15(14(2)27(13)18-4-3-16(23)11-17(18)24)10-19-21(29)26(22(30)32-19)12-20(28)25-5-7-31-8-6-25/h3-4,9-11H,5-8,12H2,1-2H3/b19-10+. The quantitative estimate of drug-likeness (QED) is 0.570. The summed E-state index contributed by atoms with van der Waals surface area (Å²) in [7, 11) is 0. The average molecular weight is 522 g/mol. The van der Waals surface area contributed by atoms with Crippen LogP contribution in [0.4, 0.5) is 9.18 Å². The summed E-state index contributed by atoms with van der Waals surface area (Å²) in [6.45, 7) is 5.17. The molecule has 1 aromatic carbocycles. The largest absolute Gasteiger partial charge is 0.378 e. The number of carbonyl (C=O) groups excluding carboxylic acids is 3. The van der Waals surface area contributed by atoms with Crippen molar-refractivity contribution in [3.8, 4) is 5.69 Å². The Morgan fingerprint density at radius 1 is 1.22 bits per heavy atom. The highest BCUT2D eigenvalue weighted by atomic mass is 79.9. The highest BCUT2D eigenvalue weighted by molar-refractivity contribution is 9.10. The summed E-state index contributed by atoms with van der Waals surface area (Å²) in [6.07, 6.45) is 1.62. The van der Waals surface area contributed by atoms with Crippen molar-refractivity contribution < 1.29 is 23.5 Å². The van der Waals surface area contributed by atoms with Crippen LogP contribution >= 0.6 is 27.7 Å². The molecule has 32 heavy (non-hydrogen) atoms. The van der Waals surface area contributed by atoms with Crippen LogP contribution in [0.25, 0.3) is 11.8 Å². The topological polar surface area (TPSA) is 71.9 Å². The lowest BCUT2D eigenvalue weighted by molar-refractivity contribution is -0.139. The fraction of sp³-hybridized carbons (Fsp3) is 0.318. The maximum atomic E-state index is 14.5. The molecule has 3 amide bonds. The molecule has 0 atom stereocenters. The van der Waals surface area contributed by atoms with Crippen molar-refractivity contribution in [2.24, 2.45) is 0 Å². The van der Waals surface area contributed by atoms with E-state index in [0.717, 1.165) is 28.0 Å². The number of amides is 3. The predicted molar refractivity (Wildman–Crippen MR) is 123 cm³/mol. The van der Waals surface area contributed by atoms with E-state index < -0.39 is 11.1 Å². The lowest BCUT2D eigenvalue weighted by atomic mass is 10.2. The van der Waals surface area contributed by atoms with Gasteiger partial charge in [0.15, 0.2) is 0 Å². The van der Waals surface area contributed by atoms with Gasteiger partial charge in [-0.3, -0.25) is 19.3 Å². The van der Waals surface area contributed by atoms with Crippen molar-refractivity contribution in [3.63, 3.8) is 0 Å². The van der Waals surface area contributed by atoms with Crippen LogP contribution in [-0.4, -0.2) is 64.3 Å². The number of aromatic nitrogens is 1. The van der Waals surface area contributed by atoms with Gasteiger partial charge in [-0.1, -0.05) is 15.9 Å². The first-order valence-corrected chi connectivity index (χ1v) is 11.6. The van der Waals surface area contributed by atoms with Crippen LogP contribution in [0.2, 0.25) is 0 Å². The zero-order valence-electron chi connectivity index (χ0n) is 17.6. The maximum Gasteiger partial charge on any atom is 0.294 e. The third kappa shape index (κ3) is 4.39. The van der Waals surface area contributed by atoms with Gasteiger partial charge >= 0.3 is 0 Å². The Hall–Kier alpha value is -2.43. The number of hydrogen-bond acceptors (Lipinski definition) is 5. The molecule has 0 bridgehead atoms. The highest BCUT2D eigenvalue weighted by Crippen LogP contribution is 2.34. The van der Waals surface area contributed by atoms with Gasteiger partial charge in [0.05, 0.1) is 23.8 Å². The first kappa shape index (κ1) is 22.8. The van der Waals surface area contributed by atoms with Gasteiger partial charge in [-0.25, -0.2) is 4.39 Å². The number of halogens is 2. The summed E-state index contributed by atoms with van der Waals surface area (Å²) >= 11 is 4.06. The second-order valence-corrected chi connectivity index (χ2v) is 9.43. The third-order valence-electron chi connectivity index (χ3n) is 5.44. The molecular formula is C22H21BrFN3O4S. The van der Waals surface area contributed by atoms with E-state index in [-0.39, 0.29) is 23.2 Å². The van der Waals surface area contributed by atoms with Crippen molar-refractivity contribution >= 4 is 50.8 Å². The fourth-order valence-electron chi connectivity index (χ4n) is 3.79. The van der Waals surface area contributed by atoms with Crippen molar-refractivity contribution in [2.45, 2.75) is 13.8 Å². The molecular weight excluding hydrogens is 501 g/mol. The Morgan fingerprint density at radius 2 is 1.94 bits per heavy atom. The molecule has 0 saturated carbocycles. The smallest absolute Gasteiger partial charge is 0.294 e. The Bertz CT molecular complexity index is 1140. The van der Waals surface area contributed by atoms with Crippen LogP contribution < -0.4 is 0 Å². The number of carbonyl (C=O) groups is 3. The van der Waals surface area contributed by atoms with Gasteiger partial charge in [0.25, 0.3) is 11.1 Å². The molecule has 0 spiro atoms. The molecule has 168 valence electrons. The van der Waals surface area contributed by atoms with E-state index in [2.05, 4.69) is 15.9 Å². The zero-order valence-corrected chi connectivity index (χ0v) is 20.0. The minimum Gasteiger partial charge on any atom is -0.378 e. The van der Waals surface area contributed by atoms with Crippen LogP contribution in [-0.2, 0) is 14.3 Å². The molecule has 7 nitrogen and oxygen atoms in total. The Morgan fingerprint density at radius 3 is 2.62 bits per heavy atom. The number of ether oxygens (including phenoxy) is 1. The second kappa shape index (κ2) is 9.21. The predicted octanol–water partition coefficient (Wildman–Crippen LogP) is 3.89. The molecule has 0 N–H and O–H groups in total. The monoisotopic (exact) mass is 521 g/mol. The van der Waals surface area contributed by atoms with E-state index in [1.807, 2.05) is 19.9 Å². The zero-order chi connectivity index (χ0) is 23.0. The molecule has 0 radical (unpaired) electrons. The molecule has 2 aliphatic rings. The van der Waals surface area contributed by atoms with Gasteiger partial charge < -0.3 is 14.2 Å². The third-order valence-corrected chi connectivity index (χ3v) is 6.84. The normalized spacial score (nSPS) is 18.2. The SMILES string of the molecule is Cc1cc(/C=C2/SC(=O)N(CC(=O)N3CCOCC3)C2=O)c(C)n1-c1ccc(Br)cc1F. The van der Waals surface area contributed by atoms with E-state index in [1.54, 1.807) is 27.7 Å². The van der Waals surface area contributed by atoms with Crippen LogP contribution in [0.15, 0.2) is 33.6 Å². The Labute approximate surface area is 197 Å². The van der Waals surface area contributed by atoms with Crippen molar-refractivity contribution in [3.05, 3.63) is 56.4 Å². The fourth-order valence-corrected chi connectivity index (χ4v) is 4.95. The number of nitrogens with zero attached hydrogens (tertiary/aromatic N) is 3. The Kier molecular flexibility index (Phi) is 6.55. The van der Waals surface area contributed by atoms with Crippen LogP contribution in [0.3, 0.4) is 0 Å². The second-order valence-electron chi connectivity index (χ2n) is 7.52. The lowest BCUT2D eigenvalue weighted by Gasteiger charge is -2.28. The van der Waals surface area contributed by atoms with E-state index in [0.29, 0.717) is 42.0 Å². The van der Waals surface area contributed by atoms with Gasteiger partial charge in [0.2, 0.25) is 5.91 Å². The van der Waals surface area contributed by atoms with Gasteiger partial charge in [0, 0.05) is 29.0 Å². The molecule has 0 unspecified atom stereocenters. The maximum absolute atomic E-state index is 14.5. The molecule has 1 aromatic heterocycles. The average Bonchev–Trinajstić information content (AvgIpc) is 3.18. The number of imide groups is 1. The van der Waals surface area contributed by atoms with Gasteiger partial charge in [0.1, 0.15) is 12.4 Å². The number of benzene rings is 1. The van der Waals surface area contributed by atoms with E-state index in [1.165, 1.54) is 6.07 Å². The van der Waals surface area contributed by atoms with Gasteiger partial charge in [-0.05, 0) is 61.5 Å². The summed E-state index contributed by atoms with van der Waals surface area (Å²) in [4.78, 5) is 40.6. The molecule has 2 fully saturated rings. The molecule has 10 heteroatoms. The summed E-state index contributed by atoms with van der Waals surface area (Å²) in [5.41, 5.74) is 2.62. The number of thioether (sulfide) groups is 1. The minimum atomic E-state index is -0.499. The van der Waals surface area contributed by atoms with Gasteiger partial charge in [-0.15, -0.1) is 0 Å². The van der Waals surface area contributed by atoms with E-state index in [4.69, 9.17) is 4.74 Å². The van der Waals surface area contributed by atoms with Crippen molar-refractivity contribution in [1.29, 1.82) is 0 Å². The molecule has 4 rings (SSSR count). The molecule has 2 aliphatic heterocycles. The molecule has 3 heterocycles. The highest BCUT2D eigenvalue weighted by Gasteiger charge is 2.37. The number of hydrogen-bond donors (Lipinski definition) is 0. The van der Waals surface area contributed by atoms with Gasteiger partial charge in [-0.2, -0.15) is 0 Å². The lowest BCUT2D eigenvalue weighted by Crippen LogP contribution is -2.46.